The second-order valence-corrected chi connectivity index (χ2v) is 6.01. The van der Waals surface area contributed by atoms with Gasteiger partial charge >= 0.3 is 12.1 Å². The van der Waals surface area contributed by atoms with Gasteiger partial charge in [0.1, 0.15) is 5.82 Å². The number of aromatic nitrogens is 3. The molecule has 8 nitrogen and oxygen atoms in total. The molecule has 2 aromatic carbocycles. The molecule has 0 N–H and O–H groups in total. The predicted molar refractivity (Wildman–Crippen MR) is 88.7 cm³/mol. The van der Waals surface area contributed by atoms with E-state index in [9.17, 15) is 31.9 Å². The Hall–Kier alpha value is -4.09. The van der Waals surface area contributed by atoms with Gasteiger partial charge in [-0.1, -0.05) is 28.5 Å². The van der Waals surface area contributed by atoms with Gasteiger partial charge in [-0.3, -0.25) is 9.59 Å². The number of hydrogen-bond acceptors (Lipinski definition) is 6. The van der Waals surface area contributed by atoms with Gasteiger partial charge < -0.3 is 4.84 Å². The minimum Gasteiger partial charge on any atom is -0.322 e. The summed E-state index contributed by atoms with van der Waals surface area (Å²) in [6.45, 7) is 0. The van der Waals surface area contributed by atoms with E-state index in [2.05, 4.69) is 15.1 Å². The summed E-state index contributed by atoms with van der Waals surface area (Å²) in [7, 11) is 0. The van der Waals surface area contributed by atoms with Crippen LogP contribution in [0.3, 0.4) is 0 Å². The maximum atomic E-state index is 13.6. The lowest BCUT2D eigenvalue weighted by Gasteiger charge is -2.13. The monoisotopic (exact) mass is 420 g/mol. The van der Waals surface area contributed by atoms with Gasteiger partial charge in [-0.25, -0.2) is 13.9 Å². The van der Waals surface area contributed by atoms with Crippen LogP contribution in [0.25, 0.3) is 5.69 Å². The molecule has 0 radical (unpaired) electrons. The maximum Gasteiger partial charge on any atom is 0.436 e. The smallest absolute Gasteiger partial charge is 0.322 e. The molecule has 0 fully saturated rings. The van der Waals surface area contributed by atoms with Gasteiger partial charge in [0, 0.05) is 0 Å². The summed E-state index contributed by atoms with van der Waals surface area (Å²) in [6, 6.07) is 9.53. The Labute approximate surface area is 164 Å². The highest BCUT2D eigenvalue weighted by Crippen LogP contribution is 2.33. The van der Waals surface area contributed by atoms with Gasteiger partial charge in [0.25, 0.3) is 11.8 Å². The van der Waals surface area contributed by atoms with E-state index in [-0.39, 0.29) is 26.6 Å². The van der Waals surface area contributed by atoms with Crippen LogP contribution in [0, 0.1) is 5.82 Å². The fraction of sp³-hybridized carbons (Fsp3) is 0.0556. The van der Waals surface area contributed by atoms with Gasteiger partial charge in [-0.05, 0) is 30.3 Å². The van der Waals surface area contributed by atoms with E-state index < -0.39 is 41.2 Å². The Morgan fingerprint density at radius 2 is 1.60 bits per heavy atom. The van der Waals surface area contributed by atoms with E-state index >= 15 is 0 Å². The third kappa shape index (κ3) is 3.07. The maximum absolute atomic E-state index is 13.6. The number of carbonyl (C=O) groups is 3. The lowest BCUT2D eigenvalue weighted by molar-refractivity contribution is -0.143. The van der Waals surface area contributed by atoms with Crippen molar-refractivity contribution in [2.75, 3.05) is 0 Å². The first kappa shape index (κ1) is 19.2. The normalized spacial score (nSPS) is 13.5. The van der Waals surface area contributed by atoms with Gasteiger partial charge in [0.15, 0.2) is 5.69 Å². The second-order valence-electron chi connectivity index (χ2n) is 6.01. The van der Waals surface area contributed by atoms with Gasteiger partial charge in [0.05, 0.1) is 16.8 Å². The number of amides is 2. The van der Waals surface area contributed by atoms with Crippen LogP contribution in [0.1, 0.15) is 36.9 Å². The first-order valence-electron chi connectivity index (χ1n) is 8.17. The predicted octanol–water partition coefficient (Wildman–Crippen LogP) is 2.79. The molecule has 1 aliphatic heterocycles. The minimum absolute atomic E-state index is 0.0500. The van der Waals surface area contributed by atoms with Crippen molar-refractivity contribution in [2.24, 2.45) is 0 Å². The van der Waals surface area contributed by atoms with E-state index in [0.717, 1.165) is 24.3 Å². The summed E-state index contributed by atoms with van der Waals surface area (Å²) in [4.78, 5) is 41.5. The summed E-state index contributed by atoms with van der Waals surface area (Å²) in [5.41, 5.74) is -3.46. The average Bonchev–Trinajstić information content (AvgIpc) is 3.25. The summed E-state index contributed by atoms with van der Waals surface area (Å²) < 4.78 is 54.5. The highest BCUT2D eigenvalue weighted by Gasteiger charge is 2.45. The quantitative estimate of drug-likeness (QED) is 0.478. The van der Waals surface area contributed by atoms with Gasteiger partial charge in [0.2, 0.25) is 5.69 Å². The van der Waals surface area contributed by atoms with Gasteiger partial charge in [-0.2, -0.15) is 13.2 Å². The Bertz CT molecular complexity index is 1170. The molecule has 0 bridgehead atoms. The highest BCUT2D eigenvalue weighted by atomic mass is 19.4. The van der Waals surface area contributed by atoms with Crippen molar-refractivity contribution >= 4 is 17.8 Å². The van der Waals surface area contributed by atoms with Crippen molar-refractivity contribution in [3.8, 4) is 5.69 Å². The van der Waals surface area contributed by atoms with Crippen LogP contribution in [-0.4, -0.2) is 37.8 Å². The lowest BCUT2D eigenvalue weighted by atomic mass is 10.1. The second kappa shape index (κ2) is 6.76. The number of halogens is 4. The number of nitrogens with zero attached hydrogens (tertiary/aromatic N) is 4. The molecule has 0 saturated carbocycles. The number of carbonyl (C=O) groups excluding carboxylic acids is 3. The molecule has 0 saturated heterocycles. The first-order chi connectivity index (χ1) is 14.2. The first-order valence-corrected chi connectivity index (χ1v) is 8.17. The zero-order valence-electron chi connectivity index (χ0n) is 14.6. The molecule has 152 valence electrons. The van der Waals surface area contributed by atoms with Crippen LogP contribution < -0.4 is 0 Å². The highest BCUT2D eigenvalue weighted by molar-refractivity contribution is 6.21. The molecular weight excluding hydrogens is 412 g/mol. The largest absolute Gasteiger partial charge is 0.436 e. The molecular formula is C18H8F4N4O4. The SMILES string of the molecule is O=C(ON1C(=O)c2ccccc2C1=O)c1nnn(-c2cccc(F)c2)c1C(F)(F)F. The summed E-state index contributed by atoms with van der Waals surface area (Å²) in [6.07, 6.45) is -5.15. The number of hydroxylamine groups is 2. The molecule has 4 rings (SSSR count). The topological polar surface area (TPSA) is 94.4 Å². The minimum atomic E-state index is -5.15. The van der Waals surface area contributed by atoms with E-state index in [1.54, 1.807) is 0 Å². The number of benzene rings is 2. The Kier molecular flexibility index (Phi) is 4.33. The van der Waals surface area contributed by atoms with Crippen molar-refractivity contribution < 1.29 is 36.8 Å². The standard InChI is InChI=1S/C18H8F4N4O4/c19-9-4-3-5-10(8-9)25-14(18(20,21)22)13(23-24-25)17(29)30-26-15(27)11-6-1-2-7-12(11)16(26)28/h1-8H. The van der Waals surface area contributed by atoms with Crippen LogP contribution in [-0.2, 0) is 11.0 Å². The zero-order valence-corrected chi connectivity index (χ0v) is 14.6. The molecule has 30 heavy (non-hydrogen) atoms. The Morgan fingerprint density at radius 1 is 0.967 bits per heavy atom. The zero-order chi connectivity index (χ0) is 21.6. The number of fused-ring (bicyclic) bond motifs is 1. The van der Waals surface area contributed by atoms with Crippen LogP contribution >= 0.6 is 0 Å². The third-order valence-corrected chi connectivity index (χ3v) is 4.12. The molecule has 2 heterocycles. The van der Waals surface area contributed by atoms with Crippen LogP contribution in [0.15, 0.2) is 48.5 Å². The van der Waals surface area contributed by atoms with Crippen LogP contribution in [0.4, 0.5) is 17.6 Å². The van der Waals surface area contributed by atoms with E-state index in [1.807, 2.05) is 0 Å². The molecule has 3 aromatic rings. The Balaban J connectivity index is 1.71. The lowest BCUT2D eigenvalue weighted by Crippen LogP contribution is -2.33. The van der Waals surface area contributed by atoms with Gasteiger partial charge in [-0.15, -0.1) is 5.10 Å². The van der Waals surface area contributed by atoms with E-state index in [0.29, 0.717) is 0 Å². The average molecular weight is 420 g/mol. The number of imide groups is 1. The molecule has 12 heteroatoms. The molecule has 0 atom stereocenters. The number of alkyl halides is 3. The summed E-state index contributed by atoms with van der Waals surface area (Å²) >= 11 is 0. The molecule has 2 amide bonds. The Morgan fingerprint density at radius 3 is 2.17 bits per heavy atom. The van der Waals surface area contributed by atoms with Crippen molar-refractivity contribution in [1.29, 1.82) is 0 Å². The fourth-order valence-corrected chi connectivity index (χ4v) is 2.84. The fourth-order valence-electron chi connectivity index (χ4n) is 2.84. The molecule has 0 aliphatic carbocycles. The summed E-state index contributed by atoms with van der Waals surface area (Å²) in [5.74, 6) is -4.61. The van der Waals surface area contributed by atoms with Crippen molar-refractivity contribution in [3.05, 3.63) is 76.9 Å². The van der Waals surface area contributed by atoms with Crippen molar-refractivity contribution in [1.82, 2.24) is 20.1 Å². The molecule has 1 aromatic heterocycles. The summed E-state index contributed by atoms with van der Waals surface area (Å²) in [5, 5.41) is 6.48. The molecule has 1 aliphatic rings. The third-order valence-electron chi connectivity index (χ3n) is 4.12. The van der Waals surface area contributed by atoms with E-state index in [4.69, 9.17) is 0 Å². The van der Waals surface area contributed by atoms with Crippen LogP contribution in [0.2, 0.25) is 0 Å². The van der Waals surface area contributed by atoms with E-state index in [1.165, 1.54) is 24.3 Å². The van der Waals surface area contributed by atoms with Crippen molar-refractivity contribution in [2.45, 2.75) is 6.18 Å². The van der Waals surface area contributed by atoms with Crippen molar-refractivity contribution in [3.63, 3.8) is 0 Å². The number of rotatable bonds is 3. The molecule has 0 unspecified atom stereocenters. The molecule has 0 spiro atoms. The van der Waals surface area contributed by atoms with Crippen LogP contribution in [0.5, 0.6) is 0 Å². The number of hydrogen-bond donors (Lipinski definition) is 0.